The molecule has 326 valence electrons. The minimum absolute atomic E-state index is 0.344. The Balaban J connectivity index is 1.63. The molecular formula is C54H74N4OP2. The van der Waals surface area contributed by atoms with Gasteiger partial charge in [-0.05, 0) is 97.3 Å². The summed E-state index contributed by atoms with van der Waals surface area (Å²) in [6.45, 7) is 38.9. The second-order valence-electron chi connectivity index (χ2n) is 19.5. The minimum atomic E-state index is -1.29. The predicted molar refractivity (Wildman–Crippen MR) is 271 cm³/mol. The van der Waals surface area contributed by atoms with Crippen molar-refractivity contribution in [2.45, 2.75) is 158 Å². The molecule has 1 saturated heterocycles. The van der Waals surface area contributed by atoms with Gasteiger partial charge in [-0.3, -0.25) is 14.1 Å². The van der Waals surface area contributed by atoms with E-state index in [2.05, 4.69) is 221 Å². The Morgan fingerprint density at radius 1 is 0.410 bits per heavy atom. The lowest BCUT2D eigenvalue weighted by Crippen LogP contribution is -2.26. The smallest absolute Gasteiger partial charge is 0.258 e. The highest BCUT2D eigenvalue weighted by molar-refractivity contribution is 7.62. The highest BCUT2D eigenvalue weighted by Crippen LogP contribution is 2.60. The van der Waals surface area contributed by atoms with Gasteiger partial charge in [-0.15, -0.1) is 0 Å². The third kappa shape index (κ3) is 9.43. The van der Waals surface area contributed by atoms with Gasteiger partial charge in [0.25, 0.3) is 8.45 Å². The fraction of sp³-hybridized carbons (Fsp3) is 0.481. The van der Waals surface area contributed by atoms with Gasteiger partial charge in [-0.1, -0.05) is 184 Å². The largest absolute Gasteiger partial charge is 0.309 e. The molecule has 0 amide bonds. The van der Waals surface area contributed by atoms with Crippen LogP contribution in [0.15, 0.2) is 91.0 Å². The van der Waals surface area contributed by atoms with Gasteiger partial charge in [0.2, 0.25) is 0 Å². The van der Waals surface area contributed by atoms with Gasteiger partial charge in [0.15, 0.2) is 5.82 Å². The summed E-state index contributed by atoms with van der Waals surface area (Å²) in [7, 11) is -0.601. The molecule has 7 heteroatoms. The average molecular weight is 857 g/mol. The van der Waals surface area contributed by atoms with E-state index in [1.165, 1.54) is 67.3 Å². The van der Waals surface area contributed by atoms with Crippen molar-refractivity contribution in [3.05, 3.63) is 136 Å². The zero-order valence-corrected chi connectivity index (χ0v) is 42.0. The second kappa shape index (κ2) is 19.7. The van der Waals surface area contributed by atoms with Crippen LogP contribution in [-0.4, -0.2) is 18.5 Å². The van der Waals surface area contributed by atoms with Crippen LogP contribution in [0.3, 0.4) is 0 Å². The molecule has 4 aromatic carbocycles. The Bertz CT molecular complexity index is 2010. The predicted octanol–water partition coefficient (Wildman–Crippen LogP) is 16.8. The van der Waals surface area contributed by atoms with Crippen LogP contribution in [-0.2, 0) is 4.31 Å². The van der Waals surface area contributed by atoms with Crippen molar-refractivity contribution < 1.29 is 4.31 Å². The van der Waals surface area contributed by atoms with Crippen molar-refractivity contribution in [2.24, 2.45) is 0 Å². The Labute approximate surface area is 373 Å². The first kappa shape index (κ1) is 46.7. The van der Waals surface area contributed by atoms with E-state index in [1.807, 2.05) is 0 Å². The van der Waals surface area contributed by atoms with Crippen molar-refractivity contribution in [3.63, 3.8) is 0 Å². The maximum Gasteiger partial charge on any atom is 0.258 e. The maximum absolute atomic E-state index is 7.49. The van der Waals surface area contributed by atoms with Crippen LogP contribution >= 0.6 is 16.9 Å². The Morgan fingerprint density at radius 2 is 0.656 bits per heavy atom. The van der Waals surface area contributed by atoms with Crippen LogP contribution in [0.1, 0.15) is 203 Å². The highest BCUT2D eigenvalue weighted by atomic mass is 31.2. The number of anilines is 4. The molecule has 0 spiro atoms. The van der Waals surface area contributed by atoms with E-state index in [0.29, 0.717) is 55.8 Å². The number of hydrogen-bond donors (Lipinski definition) is 0. The summed E-state index contributed by atoms with van der Waals surface area (Å²) in [4.78, 5) is 4.82. The monoisotopic (exact) mass is 857 g/mol. The van der Waals surface area contributed by atoms with E-state index >= 15 is 0 Å². The Hall–Kier alpha value is -3.84. The SMILES string of the molecule is CC(C)c1cccc(C(C)C)c1N1C=CN(c2c(C(C)C)cccc2C(C)C)C1=C=POP1N(c2c(C(C)C)cccc2C(C)C)CCN1c1c(C(C)C)cccc1C(C)C. The van der Waals surface area contributed by atoms with Gasteiger partial charge in [-0.25, -0.2) is 0 Å². The molecule has 1 fully saturated rings. The summed E-state index contributed by atoms with van der Waals surface area (Å²) >= 11 is 0. The molecule has 0 aliphatic carbocycles. The highest BCUT2D eigenvalue weighted by Gasteiger charge is 2.40. The molecule has 6 rings (SSSR count). The second-order valence-corrected chi connectivity index (χ2v) is 22.1. The van der Waals surface area contributed by atoms with Crippen LogP contribution in [0.2, 0.25) is 0 Å². The summed E-state index contributed by atoms with van der Waals surface area (Å²) in [5.74, 6) is 3.87. The van der Waals surface area contributed by atoms with E-state index in [4.69, 9.17) is 4.31 Å². The number of rotatable bonds is 14. The fourth-order valence-corrected chi connectivity index (χ4v) is 12.2. The molecule has 2 heterocycles. The zero-order valence-electron chi connectivity index (χ0n) is 40.2. The van der Waals surface area contributed by atoms with Gasteiger partial charge < -0.3 is 9.34 Å². The van der Waals surface area contributed by atoms with Gasteiger partial charge in [0, 0.05) is 25.5 Å². The van der Waals surface area contributed by atoms with Crippen LogP contribution in [0.25, 0.3) is 0 Å². The van der Waals surface area contributed by atoms with Crippen LogP contribution in [0.5, 0.6) is 0 Å². The zero-order chi connectivity index (χ0) is 44.4. The molecular weight excluding hydrogens is 783 g/mol. The average Bonchev–Trinajstić information content (AvgIpc) is 3.83. The van der Waals surface area contributed by atoms with E-state index in [1.54, 1.807) is 0 Å². The van der Waals surface area contributed by atoms with Crippen LogP contribution in [0.4, 0.5) is 22.7 Å². The van der Waals surface area contributed by atoms with E-state index in [9.17, 15) is 0 Å². The molecule has 5 nitrogen and oxygen atoms in total. The van der Waals surface area contributed by atoms with Crippen molar-refractivity contribution in [1.29, 1.82) is 0 Å². The fourth-order valence-electron chi connectivity index (χ4n) is 9.13. The summed E-state index contributed by atoms with van der Waals surface area (Å²) < 4.78 is 12.8. The van der Waals surface area contributed by atoms with E-state index in [0.717, 1.165) is 18.9 Å². The summed E-state index contributed by atoms with van der Waals surface area (Å²) in [5.41, 5.74) is 20.1. The van der Waals surface area contributed by atoms with Gasteiger partial charge >= 0.3 is 0 Å². The quantitative estimate of drug-likeness (QED) is 0.118. The first-order chi connectivity index (χ1) is 29.0. The van der Waals surface area contributed by atoms with E-state index in [-0.39, 0.29) is 0 Å². The number of para-hydroxylation sites is 4. The normalized spacial score (nSPS) is 15.1. The first-order valence-corrected chi connectivity index (χ1v) is 25.1. The van der Waals surface area contributed by atoms with Gasteiger partial charge in [0.1, 0.15) is 8.43 Å². The van der Waals surface area contributed by atoms with E-state index < -0.39 is 8.45 Å². The lowest BCUT2D eigenvalue weighted by atomic mass is 9.91. The Morgan fingerprint density at radius 3 is 0.902 bits per heavy atom. The lowest BCUT2D eigenvalue weighted by Gasteiger charge is -2.35. The van der Waals surface area contributed by atoms with Crippen LogP contribution in [0, 0.1) is 0 Å². The maximum atomic E-state index is 7.49. The molecule has 0 unspecified atom stereocenters. The Kier molecular flexibility index (Phi) is 15.1. The topological polar surface area (TPSA) is 22.2 Å². The molecule has 0 radical (unpaired) electrons. The van der Waals surface area contributed by atoms with Crippen LogP contribution < -0.4 is 19.1 Å². The molecule has 0 saturated carbocycles. The standard InChI is InChI=1S/C54H74N4OP2/c1-34(2)42-21-17-22-43(35(3)4)51(42)55-29-30-56(52-44(36(5)6)23-18-24-45(52)37(7)8)50(55)33-60-59-61-57(53-46(38(9)10)25-19-26-47(53)39(11)12)31-32-58(61)54-48(40(13)14)27-20-28-49(54)41(15)16/h17-30,34-41H,31-32H2,1-16H3. The molecule has 61 heavy (non-hydrogen) atoms. The van der Waals surface area contributed by atoms with Crippen molar-refractivity contribution >= 4 is 45.1 Å². The van der Waals surface area contributed by atoms with Crippen molar-refractivity contribution in [3.8, 4) is 0 Å². The molecule has 0 bridgehead atoms. The third-order valence-corrected chi connectivity index (χ3v) is 15.2. The third-order valence-electron chi connectivity index (χ3n) is 12.4. The van der Waals surface area contributed by atoms with Gasteiger partial charge in [0.05, 0.1) is 22.7 Å². The number of benzene rings is 4. The number of nitrogens with zero attached hydrogens (tertiary/aromatic N) is 4. The molecule has 0 N–H and O–H groups in total. The lowest BCUT2D eigenvalue weighted by molar-refractivity contribution is 0.709. The number of hydrogen-bond acceptors (Lipinski definition) is 5. The summed E-state index contributed by atoms with van der Waals surface area (Å²) in [5, 5.41) is 0. The molecule has 2 aliphatic heterocycles. The minimum Gasteiger partial charge on any atom is -0.309 e. The van der Waals surface area contributed by atoms with Crippen molar-refractivity contribution in [1.82, 2.24) is 0 Å². The molecule has 0 atom stereocenters. The summed E-state index contributed by atoms with van der Waals surface area (Å²) in [6, 6.07) is 27.6. The molecule has 2 aliphatic rings. The summed E-state index contributed by atoms with van der Waals surface area (Å²) in [6.07, 6.45) is 4.54. The van der Waals surface area contributed by atoms with Gasteiger partial charge in [-0.2, -0.15) is 0 Å². The molecule has 4 aromatic rings. The molecule has 0 aromatic heterocycles. The first-order valence-electron chi connectivity index (χ1n) is 23.1. The van der Waals surface area contributed by atoms with Crippen molar-refractivity contribution in [2.75, 3.05) is 32.2 Å².